The fraction of sp³-hybridized carbons (Fsp3) is 0.385. The van der Waals surface area contributed by atoms with Gasteiger partial charge in [0.05, 0.1) is 12.2 Å². The second-order valence-corrected chi connectivity index (χ2v) is 4.18. The molecular formula is C13H17N3O2. The van der Waals surface area contributed by atoms with E-state index in [4.69, 9.17) is 4.42 Å². The molecule has 0 aliphatic carbocycles. The van der Waals surface area contributed by atoms with Crippen LogP contribution in [0.15, 0.2) is 22.6 Å². The molecule has 0 aliphatic rings. The molecule has 0 saturated carbocycles. The van der Waals surface area contributed by atoms with Crippen LogP contribution in [0.4, 0.5) is 0 Å². The molecule has 0 spiro atoms. The van der Waals surface area contributed by atoms with Crippen LogP contribution in [-0.4, -0.2) is 15.7 Å². The van der Waals surface area contributed by atoms with Gasteiger partial charge in [-0.1, -0.05) is 0 Å². The van der Waals surface area contributed by atoms with E-state index < -0.39 is 0 Å². The van der Waals surface area contributed by atoms with E-state index in [1.54, 1.807) is 10.7 Å². The Balaban J connectivity index is 2.03. The summed E-state index contributed by atoms with van der Waals surface area (Å²) in [7, 11) is 0. The normalized spacial score (nSPS) is 10.6. The number of amides is 1. The number of carbonyl (C=O) groups excluding carboxylic acids is 1. The SMILES string of the molecule is CCn1nc(C)cc1C(=O)NCc1ccc(C)o1. The van der Waals surface area contributed by atoms with Crippen LogP contribution in [0, 0.1) is 13.8 Å². The summed E-state index contributed by atoms with van der Waals surface area (Å²) in [5, 5.41) is 7.06. The highest BCUT2D eigenvalue weighted by molar-refractivity contribution is 5.92. The van der Waals surface area contributed by atoms with Crippen molar-refractivity contribution in [3.05, 3.63) is 41.1 Å². The van der Waals surface area contributed by atoms with E-state index in [-0.39, 0.29) is 5.91 Å². The minimum absolute atomic E-state index is 0.133. The number of nitrogens with zero attached hydrogens (tertiary/aromatic N) is 2. The van der Waals surface area contributed by atoms with Crippen LogP contribution >= 0.6 is 0 Å². The monoisotopic (exact) mass is 247 g/mol. The molecule has 1 amide bonds. The van der Waals surface area contributed by atoms with Crippen molar-refractivity contribution >= 4 is 5.91 Å². The highest BCUT2D eigenvalue weighted by atomic mass is 16.3. The average Bonchev–Trinajstić information content (AvgIpc) is 2.92. The van der Waals surface area contributed by atoms with Crippen LogP contribution in [0.5, 0.6) is 0 Å². The third-order valence-corrected chi connectivity index (χ3v) is 2.65. The Labute approximate surface area is 106 Å². The van der Waals surface area contributed by atoms with Crippen molar-refractivity contribution in [1.29, 1.82) is 0 Å². The maximum atomic E-state index is 12.0. The zero-order valence-corrected chi connectivity index (χ0v) is 10.9. The van der Waals surface area contributed by atoms with Crippen LogP contribution in [0.2, 0.25) is 0 Å². The van der Waals surface area contributed by atoms with E-state index >= 15 is 0 Å². The second-order valence-electron chi connectivity index (χ2n) is 4.18. The van der Waals surface area contributed by atoms with Gasteiger partial charge in [-0.25, -0.2) is 0 Å². The average molecular weight is 247 g/mol. The molecule has 2 aromatic rings. The lowest BCUT2D eigenvalue weighted by Gasteiger charge is -2.05. The summed E-state index contributed by atoms with van der Waals surface area (Å²) >= 11 is 0. The Morgan fingerprint density at radius 3 is 2.83 bits per heavy atom. The number of nitrogens with one attached hydrogen (secondary N) is 1. The van der Waals surface area contributed by atoms with E-state index in [0.717, 1.165) is 17.2 Å². The number of hydrogen-bond acceptors (Lipinski definition) is 3. The third kappa shape index (κ3) is 2.61. The van der Waals surface area contributed by atoms with Crippen LogP contribution < -0.4 is 5.32 Å². The number of hydrogen-bond donors (Lipinski definition) is 1. The Bertz CT molecular complexity index is 554. The predicted molar refractivity (Wildman–Crippen MR) is 67.3 cm³/mol. The lowest BCUT2D eigenvalue weighted by Crippen LogP contribution is -2.25. The molecule has 0 unspecified atom stereocenters. The summed E-state index contributed by atoms with van der Waals surface area (Å²) in [5.74, 6) is 1.46. The molecule has 0 aliphatic heterocycles. The third-order valence-electron chi connectivity index (χ3n) is 2.65. The molecule has 2 aromatic heterocycles. The van der Waals surface area contributed by atoms with E-state index in [1.165, 1.54) is 0 Å². The highest BCUT2D eigenvalue weighted by Gasteiger charge is 2.13. The molecule has 5 heteroatoms. The van der Waals surface area contributed by atoms with Crippen LogP contribution in [0.25, 0.3) is 0 Å². The molecule has 0 fully saturated rings. The van der Waals surface area contributed by atoms with Crippen LogP contribution in [-0.2, 0) is 13.1 Å². The van der Waals surface area contributed by atoms with Gasteiger partial charge < -0.3 is 9.73 Å². The summed E-state index contributed by atoms with van der Waals surface area (Å²) in [5.41, 5.74) is 1.43. The van der Waals surface area contributed by atoms with Crippen molar-refractivity contribution in [2.24, 2.45) is 0 Å². The fourth-order valence-corrected chi connectivity index (χ4v) is 1.81. The van der Waals surface area contributed by atoms with Crippen molar-refractivity contribution in [2.45, 2.75) is 33.9 Å². The van der Waals surface area contributed by atoms with Gasteiger partial charge in [-0.3, -0.25) is 9.48 Å². The molecule has 96 valence electrons. The number of furan rings is 1. The van der Waals surface area contributed by atoms with Gasteiger partial charge in [0.15, 0.2) is 0 Å². The number of aromatic nitrogens is 2. The molecule has 2 heterocycles. The minimum atomic E-state index is -0.133. The van der Waals surface area contributed by atoms with E-state index in [9.17, 15) is 4.79 Å². The lowest BCUT2D eigenvalue weighted by atomic mass is 10.3. The number of carbonyl (C=O) groups is 1. The lowest BCUT2D eigenvalue weighted by molar-refractivity contribution is 0.0937. The standard InChI is InChI=1S/C13H17N3O2/c1-4-16-12(7-9(2)15-16)13(17)14-8-11-6-5-10(3)18-11/h5-7H,4,8H2,1-3H3,(H,14,17). The van der Waals surface area contributed by atoms with Gasteiger partial charge in [-0.2, -0.15) is 5.10 Å². The largest absolute Gasteiger partial charge is 0.465 e. The van der Waals surface area contributed by atoms with Gasteiger partial charge in [-0.05, 0) is 39.0 Å². The molecule has 0 aromatic carbocycles. The van der Waals surface area contributed by atoms with Gasteiger partial charge in [0.25, 0.3) is 5.91 Å². The molecule has 0 saturated heterocycles. The quantitative estimate of drug-likeness (QED) is 0.899. The van der Waals surface area contributed by atoms with Gasteiger partial charge in [0, 0.05) is 6.54 Å². The summed E-state index contributed by atoms with van der Waals surface area (Å²) in [6, 6.07) is 5.52. The first-order chi connectivity index (χ1) is 8.60. The number of aryl methyl sites for hydroxylation is 3. The summed E-state index contributed by atoms with van der Waals surface area (Å²) < 4.78 is 7.09. The molecule has 18 heavy (non-hydrogen) atoms. The van der Waals surface area contributed by atoms with E-state index in [1.807, 2.05) is 32.9 Å². The van der Waals surface area contributed by atoms with Gasteiger partial charge in [0.1, 0.15) is 17.2 Å². The smallest absolute Gasteiger partial charge is 0.269 e. The maximum absolute atomic E-state index is 12.0. The van der Waals surface area contributed by atoms with Gasteiger partial charge in [0.2, 0.25) is 0 Å². The first kappa shape index (κ1) is 12.4. The maximum Gasteiger partial charge on any atom is 0.269 e. The van der Waals surface area contributed by atoms with Gasteiger partial charge in [-0.15, -0.1) is 0 Å². The minimum Gasteiger partial charge on any atom is -0.465 e. The molecule has 1 N–H and O–H groups in total. The first-order valence-corrected chi connectivity index (χ1v) is 5.98. The topological polar surface area (TPSA) is 60.1 Å². The van der Waals surface area contributed by atoms with Crippen molar-refractivity contribution in [1.82, 2.24) is 15.1 Å². The molecule has 5 nitrogen and oxygen atoms in total. The Morgan fingerprint density at radius 1 is 1.44 bits per heavy atom. The van der Waals surface area contributed by atoms with E-state index in [0.29, 0.717) is 18.8 Å². The van der Waals surface area contributed by atoms with Crippen molar-refractivity contribution in [3.63, 3.8) is 0 Å². The van der Waals surface area contributed by atoms with Crippen molar-refractivity contribution in [3.8, 4) is 0 Å². The van der Waals surface area contributed by atoms with Crippen LogP contribution in [0.1, 0.15) is 34.6 Å². The van der Waals surface area contributed by atoms with E-state index in [2.05, 4.69) is 10.4 Å². The van der Waals surface area contributed by atoms with Crippen LogP contribution in [0.3, 0.4) is 0 Å². The van der Waals surface area contributed by atoms with Gasteiger partial charge >= 0.3 is 0 Å². The summed E-state index contributed by atoms with van der Waals surface area (Å²) in [6.07, 6.45) is 0. The fourth-order valence-electron chi connectivity index (χ4n) is 1.81. The second kappa shape index (κ2) is 5.08. The van der Waals surface area contributed by atoms with Crippen molar-refractivity contribution in [2.75, 3.05) is 0 Å². The zero-order chi connectivity index (χ0) is 13.1. The molecule has 0 radical (unpaired) electrons. The molecule has 0 atom stereocenters. The molecule has 2 rings (SSSR count). The first-order valence-electron chi connectivity index (χ1n) is 5.98. The highest BCUT2D eigenvalue weighted by Crippen LogP contribution is 2.07. The van der Waals surface area contributed by atoms with Crippen molar-refractivity contribution < 1.29 is 9.21 Å². The predicted octanol–water partition coefficient (Wildman–Crippen LogP) is 2.04. The summed E-state index contributed by atoms with van der Waals surface area (Å²) in [4.78, 5) is 12.0. The molecule has 0 bridgehead atoms. The summed E-state index contributed by atoms with van der Waals surface area (Å²) in [6.45, 7) is 6.77. The zero-order valence-electron chi connectivity index (χ0n) is 10.9. The molecular weight excluding hydrogens is 230 g/mol. The number of rotatable bonds is 4. The Morgan fingerprint density at radius 2 is 2.22 bits per heavy atom. The Kier molecular flexibility index (Phi) is 3.50. The Hall–Kier alpha value is -2.04.